The number of hydrogen-bond donors (Lipinski definition) is 1. The largest absolute Gasteiger partial charge is 0.356 e. The molecule has 4 rings (SSSR count). The summed E-state index contributed by atoms with van der Waals surface area (Å²) >= 11 is 5.52. The van der Waals surface area contributed by atoms with Gasteiger partial charge in [-0.2, -0.15) is 0 Å². The molecule has 1 fully saturated rings. The van der Waals surface area contributed by atoms with Gasteiger partial charge < -0.3 is 9.84 Å². The van der Waals surface area contributed by atoms with Gasteiger partial charge in [0.05, 0.1) is 6.20 Å². The van der Waals surface area contributed by atoms with Gasteiger partial charge >= 0.3 is 0 Å². The molecule has 2 amide bonds. The van der Waals surface area contributed by atoms with Crippen LogP contribution in [0.25, 0.3) is 11.3 Å². The second kappa shape index (κ2) is 10.4. The Balaban J connectivity index is 1.68. The van der Waals surface area contributed by atoms with Crippen LogP contribution in [-0.4, -0.2) is 44.5 Å². The molecule has 184 valence electrons. The Morgan fingerprint density at radius 1 is 1.11 bits per heavy atom. The molecule has 35 heavy (non-hydrogen) atoms. The van der Waals surface area contributed by atoms with E-state index >= 15 is 0 Å². The first-order valence-electron chi connectivity index (χ1n) is 10.8. The van der Waals surface area contributed by atoms with Crippen molar-refractivity contribution in [2.45, 2.75) is 49.3 Å². The van der Waals surface area contributed by atoms with Crippen molar-refractivity contribution in [1.29, 1.82) is 0 Å². The van der Waals surface area contributed by atoms with Crippen molar-refractivity contribution < 1.29 is 27.3 Å². The fourth-order valence-corrected chi connectivity index (χ4v) is 4.10. The number of carbonyl (C=O) groups excluding carboxylic acids is 2. The van der Waals surface area contributed by atoms with E-state index in [1.54, 1.807) is 18.2 Å². The monoisotopic (exact) mass is 507 g/mol. The second-order valence-electron chi connectivity index (χ2n) is 8.15. The smallest absolute Gasteiger partial charge is 0.278 e. The predicted octanol–water partition coefficient (Wildman–Crippen LogP) is 4.43. The molecule has 2 atom stereocenters. The maximum absolute atomic E-state index is 14.1. The molecule has 2 heterocycles. The third-order valence-electron chi connectivity index (χ3n) is 5.76. The average molecular weight is 508 g/mol. The molecule has 2 aromatic heterocycles. The van der Waals surface area contributed by atoms with Gasteiger partial charge in [0.25, 0.3) is 11.5 Å². The highest BCUT2D eigenvalue weighted by Crippen LogP contribution is 2.35. The van der Waals surface area contributed by atoms with E-state index < -0.39 is 35.5 Å². The topological polar surface area (TPSA) is 101 Å². The highest BCUT2D eigenvalue weighted by molar-refractivity contribution is 6.32. The summed E-state index contributed by atoms with van der Waals surface area (Å²) in [6.07, 6.45) is 4.74. The van der Waals surface area contributed by atoms with Gasteiger partial charge in [0, 0.05) is 54.2 Å². The van der Waals surface area contributed by atoms with E-state index in [0.29, 0.717) is 11.3 Å². The molecule has 0 unspecified atom stereocenters. The van der Waals surface area contributed by atoms with Crippen LogP contribution in [-0.2, 0) is 9.59 Å². The normalized spacial score (nSPS) is 17.4. The number of rotatable bonds is 7. The Labute approximate surface area is 203 Å². The Morgan fingerprint density at radius 2 is 1.77 bits per heavy atom. The Morgan fingerprint density at radius 3 is 2.34 bits per heavy atom. The lowest BCUT2D eigenvalue weighted by Gasteiger charge is -2.34. The molecule has 1 N–H and O–H groups in total. The molecule has 1 aliphatic carbocycles. The second-order valence-corrected chi connectivity index (χ2v) is 8.53. The van der Waals surface area contributed by atoms with Crippen molar-refractivity contribution in [3.63, 3.8) is 0 Å². The number of amides is 2. The molecule has 0 radical (unpaired) electrons. The number of nitrogens with one attached hydrogen (secondary N) is 1. The van der Waals surface area contributed by atoms with Crippen LogP contribution in [0.3, 0.4) is 0 Å². The Hall–Kier alpha value is -3.47. The average Bonchev–Trinajstić information content (AvgIpc) is 3.39. The van der Waals surface area contributed by atoms with Gasteiger partial charge in [-0.05, 0) is 37.1 Å². The third-order valence-corrected chi connectivity index (χ3v) is 5.94. The van der Waals surface area contributed by atoms with Gasteiger partial charge in [0.15, 0.2) is 5.76 Å². The Bertz CT molecular complexity index is 1140. The van der Waals surface area contributed by atoms with Crippen LogP contribution in [0.15, 0.2) is 59.8 Å². The molecule has 8 nitrogen and oxygen atoms in total. The van der Waals surface area contributed by atoms with E-state index in [-0.39, 0.29) is 36.9 Å². The molecule has 0 bridgehead atoms. The van der Waals surface area contributed by atoms with Crippen LogP contribution in [0.2, 0.25) is 0 Å². The van der Waals surface area contributed by atoms with Gasteiger partial charge in [-0.25, -0.2) is 23.1 Å². The molecule has 3 aromatic rings. The van der Waals surface area contributed by atoms with Crippen molar-refractivity contribution >= 4 is 29.1 Å². The number of anilines is 1. The van der Waals surface area contributed by atoms with Crippen LogP contribution in [0.5, 0.6) is 0 Å². The highest BCUT2D eigenvalue weighted by atomic mass is 35.5. The molecule has 1 aromatic carbocycles. The van der Waals surface area contributed by atoms with Crippen molar-refractivity contribution in [1.82, 2.24) is 20.4 Å². The maximum atomic E-state index is 14.1. The van der Waals surface area contributed by atoms with Crippen molar-refractivity contribution in [2.24, 2.45) is 0 Å². The minimum Gasteiger partial charge on any atom is -0.356 e. The zero-order valence-corrected chi connectivity index (χ0v) is 19.0. The quantitative estimate of drug-likeness (QED) is 0.475. The summed E-state index contributed by atoms with van der Waals surface area (Å²) in [5.41, 5.74) is -1.46. The van der Waals surface area contributed by atoms with Crippen LogP contribution in [0, 0.1) is 0 Å². The lowest BCUT2D eigenvalue weighted by molar-refractivity contribution is -0.128. The number of hydrogen-bond acceptors (Lipinski definition) is 6. The van der Waals surface area contributed by atoms with Crippen LogP contribution < -0.4 is 10.2 Å². The van der Waals surface area contributed by atoms with E-state index in [9.17, 15) is 22.8 Å². The van der Waals surface area contributed by atoms with E-state index in [1.807, 2.05) is 0 Å². The summed E-state index contributed by atoms with van der Waals surface area (Å²) in [6.45, 7) is 0. The molecule has 0 saturated heterocycles. The lowest BCUT2D eigenvalue weighted by atomic mass is 9.92. The van der Waals surface area contributed by atoms with Crippen LogP contribution >= 0.6 is 11.6 Å². The zero-order valence-electron chi connectivity index (χ0n) is 18.3. The Kier molecular flexibility index (Phi) is 7.34. The number of halogens is 4. The number of alkyl halides is 4. The first-order valence-corrected chi connectivity index (χ1v) is 11.2. The molecule has 1 saturated carbocycles. The van der Waals surface area contributed by atoms with E-state index in [2.05, 4.69) is 20.4 Å². The zero-order chi connectivity index (χ0) is 25.0. The summed E-state index contributed by atoms with van der Waals surface area (Å²) in [7, 11) is 0. The number of benzene rings is 1. The van der Waals surface area contributed by atoms with Crippen molar-refractivity contribution in [2.75, 3.05) is 4.90 Å². The van der Waals surface area contributed by atoms with Gasteiger partial charge in [0.2, 0.25) is 11.8 Å². The van der Waals surface area contributed by atoms with Crippen molar-refractivity contribution in [3.8, 4) is 11.3 Å². The number of nitrogens with zero attached hydrogens (tertiary/aromatic N) is 4. The first-order chi connectivity index (χ1) is 16.7. The fraction of sp³-hybridized carbons (Fsp3) is 0.348. The van der Waals surface area contributed by atoms with Gasteiger partial charge in [-0.15, -0.1) is 0 Å². The van der Waals surface area contributed by atoms with E-state index in [0.717, 1.165) is 4.90 Å². The third kappa shape index (κ3) is 5.79. The van der Waals surface area contributed by atoms with E-state index in [4.69, 9.17) is 16.1 Å². The minimum absolute atomic E-state index is 0.0673. The van der Waals surface area contributed by atoms with Crippen molar-refractivity contribution in [3.05, 3.63) is 60.8 Å². The van der Waals surface area contributed by atoms with Gasteiger partial charge in [-0.3, -0.25) is 14.5 Å². The lowest BCUT2D eigenvalue weighted by Crippen LogP contribution is -2.49. The highest BCUT2D eigenvalue weighted by Gasteiger charge is 2.39. The SMILES string of the molecule is O=C(NC1CCC(F)(F)CC1)[C@H](c1cncnc1)N(C(=O)[C@H](F)Cl)c1ccc(-c2ccno2)cc1. The molecule has 12 heteroatoms. The summed E-state index contributed by atoms with van der Waals surface area (Å²) in [6, 6.07) is 5.92. The predicted molar refractivity (Wildman–Crippen MR) is 120 cm³/mol. The molecule has 0 aliphatic heterocycles. The standard InChI is InChI=1S/C23H21ClF3N5O3/c24-20(25)22(34)32(17-3-1-14(2-4-17)18-7-10-30-35-18)19(15-11-28-13-29-12-15)21(33)31-16-5-8-23(26,27)9-6-16/h1-4,7,10-13,16,19-20H,5-6,8-9H2,(H,31,33)/t19-,20-/m0/s1. The van der Waals surface area contributed by atoms with Crippen LogP contribution in [0.1, 0.15) is 37.3 Å². The molecular weight excluding hydrogens is 487 g/mol. The van der Waals surface area contributed by atoms with Crippen LogP contribution in [0.4, 0.5) is 18.9 Å². The summed E-state index contributed by atoms with van der Waals surface area (Å²) in [5, 5.41) is 6.37. The number of aromatic nitrogens is 3. The molecular formula is C23H21ClF3N5O3. The minimum atomic E-state index is -2.78. The summed E-state index contributed by atoms with van der Waals surface area (Å²) in [5.74, 6) is -4.19. The van der Waals surface area contributed by atoms with Gasteiger partial charge in [-0.1, -0.05) is 16.8 Å². The molecule has 0 spiro atoms. The van der Waals surface area contributed by atoms with E-state index in [1.165, 1.54) is 37.1 Å². The number of carbonyl (C=O) groups is 2. The summed E-state index contributed by atoms with van der Waals surface area (Å²) in [4.78, 5) is 35.1. The first kappa shape index (κ1) is 24.6. The molecule has 1 aliphatic rings. The van der Waals surface area contributed by atoms with Gasteiger partial charge in [0.1, 0.15) is 12.4 Å². The summed E-state index contributed by atoms with van der Waals surface area (Å²) < 4.78 is 46.4. The maximum Gasteiger partial charge on any atom is 0.278 e. The fourth-order valence-electron chi connectivity index (χ4n) is 3.99.